The summed E-state index contributed by atoms with van der Waals surface area (Å²) in [5.41, 5.74) is 2.69. The molecule has 1 aromatic carbocycles. The molecule has 0 spiro atoms. The summed E-state index contributed by atoms with van der Waals surface area (Å²) in [4.78, 5) is 0. The lowest BCUT2D eigenvalue weighted by Gasteiger charge is -2.11. The van der Waals surface area contributed by atoms with Crippen molar-refractivity contribution < 1.29 is 4.74 Å². The number of unbranched alkanes of at least 4 members (excludes halogenated alkanes) is 2. The maximum absolute atomic E-state index is 5.38. The zero-order chi connectivity index (χ0) is 12.6. The summed E-state index contributed by atoms with van der Waals surface area (Å²) >= 11 is 0. The van der Waals surface area contributed by atoms with Crippen molar-refractivity contribution >= 4 is 5.69 Å². The fraction of sp³-hybridized carbons (Fsp3) is 0.625. The Morgan fingerprint density at radius 2 is 2.06 bits per heavy atom. The van der Waals surface area contributed by atoms with E-state index in [1.165, 1.54) is 43.4 Å². The molecule has 1 aliphatic heterocycles. The molecule has 0 aromatic heterocycles. The molecule has 18 heavy (non-hydrogen) atoms. The van der Waals surface area contributed by atoms with Crippen molar-refractivity contribution in [3.05, 3.63) is 29.8 Å². The van der Waals surface area contributed by atoms with E-state index in [1.807, 2.05) is 0 Å². The maximum Gasteiger partial charge on any atom is 0.0511 e. The average molecular weight is 247 g/mol. The Hall–Kier alpha value is -1.02. The molecule has 0 bridgehead atoms. The van der Waals surface area contributed by atoms with Crippen molar-refractivity contribution in [2.45, 2.75) is 39.0 Å². The van der Waals surface area contributed by atoms with Gasteiger partial charge in [-0.3, -0.25) is 0 Å². The molecule has 1 heterocycles. The highest BCUT2D eigenvalue weighted by Crippen LogP contribution is 2.16. The molecule has 0 amide bonds. The third-order valence-electron chi connectivity index (χ3n) is 3.64. The SMILES string of the molecule is CCCCCc1ccc(NCC2CCOC2)cc1. The van der Waals surface area contributed by atoms with Gasteiger partial charge in [-0.15, -0.1) is 0 Å². The van der Waals surface area contributed by atoms with Gasteiger partial charge in [-0.05, 0) is 37.0 Å². The molecule has 1 fully saturated rings. The second-order valence-corrected chi connectivity index (χ2v) is 5.26. The van der Waals surface area contributed by atoms with Gasteiger partial charge in [0.2, 0.25) is 0 Å². The number of aryl methyl sites for hydroxylation is 1. The van der Waals surface area contributed by atoms with Gasteiger partial charge in [0.05, 0.1) is 6.61 Å². The largest absolute Gasteiger partial charge is 0.385 e. The van der Waals surface area contributed by atoms with Gasteiger partial charge in [-0.2, -0.15) is 0 Å². The van der Waals surface area contributed by atoms with Crippen molar-refractivity contribution in [1.82, 2.24) is 0 Å². The molecule has 100 valence electrons. The molecule has 2 nitrogen and oxygen atoms in total. The van der Waals surface area contributed by atoms with Crippen molar-refractivity contribution in [3.63, 3.8) is 0 Å². The van der Waals surface area contributed by atoms with Crippen LogP contribution in [-0.2, 0) is 11.2 Å². The molecule has 2 heteroatoms. The summed E-state index contributed by atoms with van der Waals surface area (Å²) in [6.07, 6.45) is 6.35. The summed E-state index contributed by atoms with van der Waals surface area (Å²) in [5, 5.41) is 3.50. The van der Waals surface area contributed by atoms with Crippen molar-refractivity contribution in [1.29, 1.82) is 0 Å². The predicted molar refractivity (Wildman–Crippen MR) is 77.1 cm³/mol. The first-order valence-corrected chi connectivity index (χ1v) is 7.29. The van der Waals surface area contributed by atoms with Crippen LogP contribution in [0.1, 0.15) is 38.2 Å². The first kappa shape index (κ1) is 13.4. The number of ether oxygens (including phenoxy) is 1. The quantitative estimate of drug-likeness (QED) is 0.739. The number of benzene rings is 1. The van der Waals surface area contributed by atoms with Gasteiger partial charge in [-0.1, -0.05) is 31.9 Å². The zero-order valence-corrected chi connectivity index (χ0v) is 11.5. The number of hydrogen-bond acceptors (Lipinski definition) is 2. The molecule has 2 rings (SSSR count). The number of hydrogen-bond donors (Lipinski definition) is 1. The molecular formula is C16H25NO. The lowest BCUT2D eigenvalue weighted by molar-refractivity contribution is 0.187. The predicted octanol–water partition coefficient (Wildman–Crippen LogP) is 3.87. The lowest BCUT2D eigenvalue weighted by Crippen LogP contribution is -2.13. The van der Waals surface area contributed by atoms with Gasteiger partial charge in [0.15, 0.2) is 0 Å². The van der Waals surface area contributed by atoms with E-state index >= 15 is 0 Å². The summed E-state index contributed by atoms with van der Waals surface area (Å²) in [6, 6.07) is 8.92. The van der Waals surface area contributed by atoms with Crippen molar-refractivity contribution in [2.24, 2.45) is 5.92 Å². The average Bonchev–Trinajstić information content (AvgIpc) is 2.91. The summed E-state index contributed by atoms with van der Waals surface area (Å²) in [5.74, 6) is 0.689. The van der Waals surface area contributed by atoms with Crippen molar-refractivity contribution in [2.75, 3.05) is 25.1 Å². The monoisotopic (exact) mass is 247 g/mol. The summed E-state index contributed by atoms with van der Waals surface area (Å²) < 4.78 is 5.38. The van der Waals surface area contributed by atoms with Crippen LogP contribution < -0.4 is 5.32 Å². The third-order valence-corrected chi connectivity index (χ3v) is 3.64. The zero-order valence-electron chi connectivity index (χ0n) is 11.5. The summed E-state index contributed by atoms with van der Waals surface area (Å²) in [7, 11) is 0. The highest BCUT2D eigenvalue weighted by molar-refractivity contribution is 5.44. The van der Waals surface area contributed by atoms with E-state index in [2.05, 4.69) is 36.5 Å². The van der Waals surface area contributed by atoms with Crippen LogP contribution in [0.2, 0.25) is 0 Å². The van der Waals surface area contributed by atoms with E-state index < -0.39 is 0 Å². The number of anilines is 1. The van der Waals surface area contributed by atoms with Crippen molar-refractivity contribution in [3.8, 4) is 0 Å². The van der Waals surface area contributed by atoms with Crippen LogP contribution in [0.25, 0.3) is 0 Å². The highest BCUT2D eigenvalue weighted by atomic mass is 16.5. The van der Waals surface area contributed by atoms with Gasteiger partial charge < -0.3 is 10.1 Å². The van der Waals surface area contributed by atoms with Crippen LogP contribution in [0, 0.1) is 5.92 Å². The number of nitrogens with one attached hydrogen (secondary N) is 1. The summed E-state index contributed by atoms with van der Waals surface area (Å²) in [6.45, 7) is 5.14. The molecule has 1 N–H and O–H groups in total. The lowest BCUT2D eigenvalue weighted by atomic mass is 10.1. The fourth-order valence-electron chi connectivity index (χ4n) is 2.37. The molecule has 0 aliphatic carbocycles. The van der Waals surface area contributed by atoms with Gasteiger partial charge in [-0.25, -0.2) is 0 Å². The Balaban J connectivity index is 1.72. The van der Waals surface area contributed by atoms with Crippen LogP contribution in [0.5, 0.6) is 0 Å². The van der Waals surface area contributed by atoms with Gasteiger partial charge >= 0.3 is 0 Å². The maximum atomic E-state index is 5.38. The molecule has 1 aliphatic rings. The standard InChI is InChI=1S/C16H25NO/c1-2-3-4-5-14-6-8-16(9-7-14)17-12-15-10-11-18-13-15/h6-9,15,17H,2-5,10-13H2,1H3. The molecule has 0 radical (unpaired) electrons. The van der Waals surface area contributed by atoms with Crippen LogP contribution in [0.3, 0.4) is 0 Å². The first-order chi connectivity index (χ1) is 8.88. The minimum absolute atomic E-state index is 0.689. The molecule has 0 saturated carbocycles. The smallest absolute Gasteiger partial charge is 0.0511 e. The van der Waals surface area contributed by atoms with E-state index in [0.29, 0.717) is 5.92 Å². The van der Waals surface area contributed by atoms with Gasteiger partial charge in [0.25, 0.3) is 0 Å². The van der Waals surface area contributed by atoms with Gasteiger partial charge in [0, 0.05) is 24.8 Å². The van der Waals surface area contributed by atoms with Crippen LogP contribution in [0.4, 0.5) is 5.69 Å². The van der Waals surface area contributed by atoms with Crippen LogP contribution in [0.15, 0.2) is 24.3 Å². The third kappa shape index (κ3) is 4.34. The Morgan fingerprint density at radius 3 is 2.72 bits per heavy atom. The van der Waals surface area contributed by atoms with E-state index in [9.17, 15) is 0 Å². The molecular weight excluding hydrogens is 222 g/mol. The van der Waals surface area contributed by atoms with Crippen LogP contribution >= 0.6 is 0 Å². The van der Waals surface area contributed by atoms with E-state index in [4.69, 9.17) is 4.74 Å². The van der Waals surface area contributed by atoms with E-state index in [0.717, 1.165) is 19.8 Å². The number of rotatable bonds is 7. The normalized spacial score (nSPS) is 19.1. The minimum Gasteiger partial charge on any atom is -0.385 e. The second-order valence-electron chi connectivity index (χ2n) is 5.26. The second kappa shape index (κ2) is 7.42. The topological polar surface area (TPSA) is 21.3 Å². The van der Waals surface area contributed by atoms with Crippen LogP contribution in [-0.4, -0.2) is 19.8 Å². The molecule has 1 saturated heterocycles. The van der Waals surface area contributed by atoms with E-state index in [-0.39, 0.29) is 0 Å². The first-order valence-electron chi connectivity index (χ1n) is 7.29. The highest BCUT2D eigenvalue weighted by Gasteiger charge is 2.14. The molecule has 1 unspecified atom stereocenters. The fourth-order valence-corrected chi connectivity index (χ4v) is 2.37. The minimum atomic E-state index is 0.689. The molecule has 1 aromatic rings. The Morgan fingerprint density at radius 1 is 1.22 bits per heavy atom. The van der Waals surface area contributed by atoms with E-state index in [1.54, 1.807) is 0 Å². The molecule has 1 atom stereocenters. The van der Waals surface area contributed by atoms with Gasteiger partial charge in [0.1, 0.15) is 0 Å². The Labute approximate surface area is 111 Å². The Bertz CT molecular complexity index is 327. The Kier molecular flexibility index (Phi) is 5.53.